The van der Waals surface area contributed by atoms with Crippen LogP contribution in [-0.2, 0) is 16.0 Å². The van der Waals surface area contributed by atoms with E-state index in [1.165, 1.54) is 17.0 Å². The van der Waals surface area contributed by atoms with Crippen molar-refractivity contribution in [2.45, 2.75) is 19.4 Å². The molecule has 29 heavy (non-hydrogen) atoms. The molecule has 2 amide bonds. The lowest BCUT2D eigenvalue weighted by atomic mass is 10.2. The van der Waals surface area contributed by atoms with Gasteiger partial charge < -0.3 is 10.6 Å². The molecular weight excluding hydrogens is 391 g/mol. The van der Waals surface area contributed by atoms with Crippen LogP contribution in [0.25, 0.3) is 0 Å². The molecule has 0 aliphatic carbocycles. The van der Waals surface area contributed by atoms with Gasteiger partial charge in [0.1, 0.15) is 5.82 Å². The fraction of sp³-hybridized carbons (Fsp3) is 0.429. The highest BCUT2D eigenvalue weighted by Crippen LogP contribution is 2.11. The van der Waals surface area contributed by atoms with Crippen LogP contribution in [0.1, 0.15) is 11.8 Å². The van der Waals surface area contributed by atoms with E-state index in [0.717, 1.165) is 19.5 Å². The first-order chi connectivity index (χ1) is 14.0. The number of carbonyl (C=O) groups is 2. The van der Waals surface area contributed by atoms with Crippen molar-refractivity contribution in [3.05, 3.63) is 52.5 Å². The van der Waals surface area contributed by atoms with Gasteiger partial charge in [-0.3, -0.25) is 19.4 Å². The van der Waals surface area contributed by atoms with E-state index in [-0.39, 0.29) is 30.2 Å². The number of anilines is 1. The van der Waals surface area contributed by atoms with Crippen molar-refractivity contribution in [3.8, 4) is 0 Å². The first-order valence-corrected chi connectivity index (χ1v) is 10.7. The average molecular weight is 419 g/mol. The molecule has 2 N–H and O–H groups in total. The van der Waals surface area contributed by atoms with E-state index < -0.39 is 0 Å². The monoisotopic (exact) mass is 418 g/mol. The molecule has 1 fully saturated rings. The van der Waals surface area contributed by atoms with Gasteiger partial charge in [-0.15, -0.1) is 11.3 Å². The third-order valence-corrected chi connectivity index (χ3v) is 6.00. The van der Waals surface area contributed by atoms with E-state index in [0.29, 0.717) is 25.3 Å². The lowest BCUT2D eigenvalue weighted by molar-refractivity contribution is -0.127. The molecule has 0 radical (unpaired) electrons. The second kappa shape index (κ2) is 10.5. The van der Waals surface area contributed by atoms with Crippen LogP contribution in [0.5, 0.6) is 0 Å². The van der Waals surface area contributed by atoms with E-state index in [2.05, 4.69) is 21.6 Å². The zero-order valence-electron chi connectivity index (χ0n) is 16.6. The summed E-state index contributed by atoms with van der Waals surface area (Å²) in [5, 5.41) is 7.77. The molecular formula is C21H27FN4O2S. The molecule has 2 aromatic rings. The van der Waals surface area contributed by atoms with Gasteiger partial charge in [-0.25, -0.2) is 4.39 Å². The number of rotatable bonds is 8. The summed E-state index contributed by atoms with van der Waals surface area (Å²) in [7, 11) is 0. The Morgan fingerprint density at radius 3 is 2.66 bits per heavy atom. The summed E-state index contributed by atoms with van der Waals surface area (Å²) in [6.45, 7) is 5.70. The van der Waals surface area contributed by atoms with Crippen LogP contribution >= 0.6 is 11.3 Å². The Balaban J connectivity index is 1.36. The Hall–Kier alpha value is -2.29. The summed E-state index contributed by atoms with van der Waals surface area (Å²) >= 11 is 1.70. The minimum atomic E-state index is -0.376. The van der Waals surface area contributed by atoms with Gasteiger partial charge in [-0.05, 0) is 43.0 Å². The van der Waals surface area contributed by atoms with E-state index >= 15 is 0 Å². The number of piperazine rings is 1. The number of nitrogens with one attached hydrogen (secondary N) is 2. The van der Waals surface area contributed by atoms with Gasteiger partial charge in [0, 0.05) is 43.3 Å². The number of hydrogen-bond donors (Lipinski definition) is 2. The maximum Gasteiger partial charge on any atom is 0.238 e. The molecule has 0 saturated carbocycles. The smallest absolute Gasteiger partial charge is 0.238 e. The summed E-state index contributed by atoms with van der Waals surface area (Å²) in [6, 6.07) is 9.77. The number of carbonyl (C=O) groups excluding carboxylic acids is 2. The van der Waals surface area contributed by atoms with Gasteiger partial charge >= 0.3 is 0 Å². The second-order valence-electron chi connectivity index (χ2n) is 7.17. The molecule has 0 unspecified atom stereocenters. The van der Waals surface area contributed by atoms with Gasteiger partial charge in [0.15, 0.2) is 0 Å². The molecule has 1 saturated heterocycles. The van der Waals surface area contributed by atoms with E-state index in [1.807, 2.05) is 23.3 Å². The lowest BCUT2D eigenvalue weighted by Gasteiger charge is -2.37. The summed E-state index contributed by atoms with van der Waals surface area (Å²) in [5.41, 5.74) is 0.460. The zero-order chi connectivity index (χ0) is 20.6. The molecule has 1 aromatic heterocycles. The van der Waals surface area contributed by atoms with Gasteiger partial charge in [0.05, 0.1) is 12.6 Å². The maximum absolute atomic E-state index is 13.2. The van der Waals surface area contributed by atoms with Crippen molar-refractivity contribution in [2.75, 3.05) is 44.6 Å². The molecule has 156 valence electrons. The Labute approximate surface area is 174 Å². The molecule has 1 aromatic carbocycles. The second-order valence-corrected chi connectivity index (χ2v) is 8.20. The molecule has 0 bridgehead atoms. The highest BCUT2D eigenvalue weighted by atomic mass is 32.1. The fourth-order valence-corrected chi connectivity index (χ4v) is 4.06. The van der Waals surface area contributed by atoms with E-state index in [9.17, 15) is 14.0 Å². The molecule has 0 spiro atoms. The normalized spacial score (nSPS) is 16.3. The van der Waals surface area contributed by atoms with Crippen molar-refractivity contribution in [1.82, 2.24) is 15.1 Å². The van der Waals surface area contributed by atoms with Crippen LogP contribution in [-0.4, -0.2) is 66.9 Å². The Morgan fingerprint density at radius 1 is 1.17 bits per heavy atom. The van der Waals surface area contributed by atoms with Crippen molar-refractivity contribution in [2.24, 2.45) is 0 Å². The van der Waals surface area contributed by atoms with Gasteiger partial charge in [0.2, 0.25) is 11.8 Å². The van der Waals surface area contributed by atoms with Crippen LogP contribution in [0.15, 0.2) is 41.8 Å². The predicted molar refractivity (Wildman–Crippen MR) is 114 cm³/mol. The van der Waals surface area contributed by atoms with Crippen LogP contribution in [0.2, 0.25) is 0 Å². The standard InChI is InChI=1S/C21H27FN4O2S/c1-16(21(28)23-8-7-19-6-3-13-29-19)26-11-9-25(10-12-26)15-20(27)24-18-5-2-4-17(22)14-18/h2-6,13-14,16H,7-12,15H2,1H3,(H,23,28)(H,24,27)/t16-/m1/s1. The Kier molecular flexibility index (Phi) is 7.74. The fourth-order valence-electron chi connectivity index (χ4n) is 3.36. The summed E-state index contributed by atoms with van der Waals surface area (Å²) < 4.78 is 13.2. The molecule has 1 aliphatic heterocycles. The highest BCUT2D eigenvalue weighted by molar-refractivity contribution is 7.09. The maximum atomic E-state index is 13.2. The topological polar surface area (TPSA) is 64.7 Å². The number of nitrogens with zero attached hydrogens (tertiary/aromatic N) is 2. The highest BCUT2D eigenvalue weighted by Gasteiger charge is 2.26. The van der Waals surface area contributed by atoms with Crippen LogP contribution in [0, 0.1) is 5.82 Å². The number of halogens is 1. The van der Waals surface area contributed by atoms with Crippen molar-refractivity contribution < 1.29 is 14.0 Å². The number of thiophene rings is 1. The Bertz CT molecular complexity index is 807. The number of amides is 2. The minimum Gasteiger partial charge on any atom is -0.354 e. The molecule has 6 nitrogen and oxygen atoms in total. The van der Waals surface area contributed by atoms with Crippen LogP contribution in [0.4, 0.5) is 10.1 Å². The molecule has 1 aliphatic rings. The molecule has 2 heterocycles. The van der Waals surface area contributed by atoms with Gasteiger partial charge in [-0.2, -0.15) is 0 Å². The Morgan fingerprint density at radius 2 is 1.97 bits per heavy atom. The van der Waals surface area contributed by atoms with Crippen molar-refractivity contribution in [3.63, 3.8) is 0 Å². The van der Waals surface area contributed by atoms with Gasteiger partial charge in [0.25, 0.3) is 0 Å². The average Bonchev–Trinajstić information content (AvgIpc) is 3.21. The lowest BCUT2D eigenvalue weighted by Crippen LogP contribution is -2.54. The predicted octanol–water partition coefficient (Wildman–Crippen LogP) is 2.19. The van der Waals surface area contributed by atoms with Crippen LogP contribution < -0.4 is 10.6 Å². The van der Waals surface area contributed by atoms with Crippen molar-refractivity contribution >= 4 is 28.8 Å². The third-order valence-electron chi connectivity index (χ3n) is 5.06. The first kappa shape index (κ1) is 21.4. The quantitative estimate of drug-likeness (QED) is 0.690. The first-order valence-electron chi connectivity index (χ1n) is 9.83. The summed E-state index contributed by atoms with van der Waals surface area (Å²) in [4.78, 5) is 30.0. The number of hydrogen-bond acceptors (Lipinski definition) is 5. The summed E-state index contributed by atoms with van der Waals surface area (Å²) in [5.74, 6) is -0.499. The summed E-state index contributed by atoms with van der Waals surface area (Å²) in [6.07, 6.45) is 0.852. The largest absolute Gasteiger partial charge is 0.354 e. The van der Waals surface area contributed by atoms with Gasteiger partial charge in [-0.1, -0.05) is 12.1 Å². The van der Waals surface area contributed by atoms with E-state index in [1.54, 1.807) is 23.5 Å². The SMILES string of the molecule is C[C@H](C(=O)NCCc1cccs1)N1CCN(CC(=O)Nc2cccc(F)c2)CC1. The molecule has 1 atom stereocenters. The zero-order valence-corrected chi connectivity index (χ0v) is 17.4. The molecule has 3 rings (SSSR count). The van der Waals surface area contributed by atoms with E-state index in [4.69, 9.17) is 0 Å². The number of benzene rings is 1. The van der Waals surface area contributed by atoms with Crippen LogP contribution in [0.3, 0.4) is 0 Å². The molecule has 8 heteroatoms. The minimum absolute atomic E-state index is 0.0406. The third kappa shape index (κ3) is 6.62. The van der Waals surface area contributed by atoms with Crippen molar-refractivity contribution in [1.29, 1.82) is 0 Å².